The number of nitrogens with zero attached hydrogens (tertiary/aromatic N) is 1. The third-order valence-electron chi connectivity index (χ3n) is 5.67. The summed E-state index contributed by atoms with van der Waals surface area (Å²) in [4.78, 5) is 28.1. The first-order chi connectivity index (χ1) is 12.6. The lowest BCUT2D eigenvalue weighted by atomic mass is 9.69. The first-order valence-corrected chi connectivity index (χ1v) is 11.5. The quantitative estimate of drug-likeness (QED) is 0.632. The lowest BCUT2D eigenvalue weighted by molar-refractivity contribution is -0.134. The minimum Gasteiger partial charge on any atom is -0.481 e. The number of carbonyl (C=O) groups excluding carboxylic acids is 1. The SMILES string of the molecule is O=C(O)CSc1cnc(NC(=O)C(C2CCCCC2)C2CCCCC2)s1. The van der Waals surface area contributed by atoms with Crippen LogP contribution in [0.1, 0.15) is 64.2 Å². The fraction of sp³-hybridized carbons (Fsp3) is 0.737. The van der Waals surface area contributed by atoms with Crippen LogP contribution in [0.3, 0.4) is 0 Å². The highest BCUT2D eigenvalue weighted by Crippen LogP contribution is 2.41. The van der Waals surface area contributed by atoms with Gasteiger partial charge in [0.15, 0.2) is 5.13 Å². The number of hydrogen-bond acceptors (Lipinski definition) is 5. The number of carboxylic acids is 1. The number of carbonyl (C=O) groups is 2. The van der Waals surface area contributed by atoms with Crippen molar-refractivity contribution in [2.45, 2.75) is 68.4 Å². The molecule has 1 heterocycles. The first kappa shape index (κ1) is 19.7. The van der Waals surface area contributed by atoms with Gasteiger partial charge in [0.25, 0.3) is 0 Å². The molecule has 2 saturated carbocycles. The van der Waals surface area contributed by atoms with Gasteiger partial charge in [0, 0.05) is 5.92 Å². The van der Waals surface area contributed by atoms with Crippen molar-refractivity contribution in [2.75, 3.05) is 11.1 Å². The molecule has 0 saturated heterocycles. The van der Waals surface area contributed by atoms with Crippen LogP contribution in [-0.2, 0) is 9.59 Å². The van der Waals surface area contributed by atoms with E-state index in [1.165, 1.54) is 87.3 Å². The Balaban J connectivity index is 1.65. The van der Waals surface area contributed by atoms with Crippen LogP contribution in [-0.4, -0.2) is 27.7 Å². The second-order valence-corrected chi connectivity index (χ2v) is 9.78. The molecular weight excluding hydrogens is 368 g/mol. The Kier molecular flexibility index (Phi) is 7.37. The van der Waals surface area contributed by atoms with Gasteiger partial charge in [-0.25, -0.2) is 4.98 Å². The normalized spacial score (nSPS) is 19.6. The predicted octanol–water partition coefficient (Wildman–Crippen LogP) is 5.04. The Hall–Kier alpha value is -1.08. The monoisotopic (exact) mass is 396 g/mol. The average molecular weight is 397 g/mol. The molecule has 7 heteroatoms. The maximum Gasteiger partial charge on any atom is 0.313 e. The first-order valence-electron chi connectivity index (χ1n) is 9.75. The highest BCUT2D eigenvalue weighted by Gasteiger charge is 2.36. The molecule has 5 nitrogen and oxygen atoms in total. The van der Waals surface area contributed by atoms with E-state index >= 15 is 0 Å². The van der Waals surface area contributed by atoms with E-state index in [2.05, 4.69) is 10.3 Å². The van der Waals surface area contributed by atoms with Gasteiger partial charge in [0.05, 0.1) is 16.2 Å². The summed E-state index contributed by atoms with van der Waals surface area (Å²) < 4.78 is 0.828. The zero-order valence-electron chi connectivity index (χ0n) is 15.1. The summed E-state index contributed by atoms with van der Waals surface area (Å²) in [5.41, 5.74) is 0. The fourth-order valence-corrected chi connectivity index (χ4v) is 6.10. The fourth-order valence-electron chi connectivity index (χ4n) is 4.51. The predicted molar refractivity (Wildman–Crippen MR) is 106 cm³/mol. The van der Waals surface area contributed by atoms with Crippen LogP contribution in [0.15, 0.2) is 10.4 Å². The standard InChI is InChI=1S/C19H28N2O3S2/c22-15(23)12-25-16-11-20-19(26-16)21-18(24)17(13-7-3-1-4-8-13)14-9-5-2-6-10-14/h11,13-14,17H,1-10,12H2,(H,22,23)(H,20,21,24). The van der Waals surface area contributed by atoms with Gasteiger partial charge in [-0.15, -0.1) is 11.8 Å². The number of amides is 1. The van der Waals surface area contributed by atoms with Crippen LogP contribution in [0.4, 0.5) is 5.13 Å². The smallest absolute Gasteiger partial charge is 0.313 e. The molecule has 0 bridgehead atoms. The molecule has 1 aromatic rings. The number of aliphatic carboxylic acids is 1. The van der Waals surface area contributed by atoms with Gasteiger partial charge in [-0.05, 0) is 37.5 Å². The second-order valence-electron chi connectivity index (χ2n) is 7.48. The molecule has 144 valence electrons. The minimum atomic E-state index is -0.844. The lowest BCUT2D eigenvalue weighted by Crippen LogP contribution is -2.37. The summed E-state index contributed by atoms with van der Waals surface area (Å²) in [7, 11) is 0. The average Bonchev–Trinajstić information content (AvgIpc) is 3.09. The van der Waals surface area contributed by atoms with Crippen molar-refractivity contribution < 1.29 is 14.7 Å². The molecule has 2 aliphatic rings. The van der Waals surface area contributed by atoms with Crippen LogP contribution in [0, 0.1) is 17.8 Å². The summed E-state index contributed by atoms with van der Waals surface area (Å²) in [5, 5.41) is 12.4. The molecule has 3 rings (SSSR count). The van der Waals surface area contributed by atoms with Crippen molar-refractivity contribution in [2.24, 2.45) is 17.8 Å². The van der Waals surface area contributed by atoms with E-state index in [1.54, 1.807) is 6.20 Å². The molecule has 0 unspecified atom stereocenters. The number of thiazole rings is 1. The summed E-state index contributed by atoms with van der Waals surface area (Å²) in [6, 6.07) is 0. The highest BCUT2D eigenvalue weighted by atomic mass is 32.2. The molecular formula is C19H28N2O3S2. The minimum absolute atomic E-state index is 0.0162. The van der Waals surface area contributed by atoms with E-state index < -0.39 is 5.97 Å². The van der Waals surface area contributed by atoms with Crippen LogP contribution < -0.4 is 5.32 Å². The van der Waals surface area contributed by atoms with Crippen LogP contribution in [0.2, 0.25) is 0 Å². The van der Waals surface area contributed by atoms with Crippen LogP contribution in [0.5, 0.6) is 0 Å². The number of anilines is 1. The van der Waals surface area contributed by atoms with E-state index in [0.717, 1.165) is 4.21 Å². The maximum absolute atomic E-state index is 13.1. The summed E-state index contributed by atoms with van der Waals surface area (Å²) in [6.07, 6.45) is 13.9. The number of hydrogen-bond donors (Lipinski definition) is 2. The molecule has 26 heavy (non-hydrogen) atoms. The van der Waals surface area contributed by atoms with Gasteiger partial charge in [0.1, 0.15) is 0 Å². The van der Waals surface area contributed by atoms with Crippen molar-refractivity contribution >= 4 is 40.1 Å². The molecule has 2 fully saturated rings. The molecule has 2 N–H and O–H groups in total. The maximum atomic E-state index is 13.1. The van der Waals surface area contributed by atoms with Crippen molar-refractivity contribution in [3.8, 4) is 0 Å². The summed E-state index contributed by atoms with van der Waals surface area (Å²) in [6.45, 7) is 0. The Morgan fingerprint density at radius 2 is 1.69 bits per heavy atom. The van der Waals surface area contributed by atoms with E-state index in [4.69, 9.17) is 5.11 Å². The Morgan fingerprint density at radius 1 is 1.12 bits per heavy atom. The van der Waals surface area contributed by atoms with Crippen molar-refractivity contribution in [1.29, 1.82) is 0 Å². The number of rotatable bonds is 7. The molecule has 0 radical (unpaired) electrons. The number of thioether (sulfide) groups is 1. The number of carboxylic acid groups (broad SMARTS) is 1. The summed E-state index contributed by atoms with van der Waals surface area (Å²) >= 11 is 2.62. The molecule has 0 aliphatic heterocycles. The van der Waals surface area contributed by atoms with Crippen molar-refractivity contribution in [3.05, 3.63) is 6.20 Å². The largest absolute Gasteiger partial charge is 0.481 e. The Labute approximate surface area is 163 Å². The zero-order chi connectivity index (χ0) is 18.4. The molecule has 0 aromatic carbocycles. The third kappa shape index (κ3) is 5.46. The van der Waals surface area contributed by atoms with Crippen molar-refractivity contribution in [3.63, 3.8) is 0 Å². The zero-order valence-corrected chi connectivity index (χ0v) is 16.7. The third-order valence-corrected chi connectivity index (χ3v) is 7.76. The molecule has 0 spiro atoms. The van der Waals surface area contributed by atoms with Gasteiger partial charge < -0.3 is 10.4 Å². The van der Waals surface area contributed by atoms with Gasteiger partial charge in [-0.1, -0.05) is 49.9 Å². The van der Waals surface area contributed by atoms with Gasteiger partial charge in [-0.2, -0.15) is 0 Å². The van der Waals surface area contributed by atoms with Gasteiger partial charge in [-0.3, -0.25) is 9.59 Å². The Morgan fingerprint density at radius 3 is 2.23 bits per heavy atom. The molecule has 2 aliphatic carbocycles. The molecule has 0 atom stereocenters. The van der Waals surface area contributed by atoms with Gasteiger partial charge in [0.2, 0.25) is 5.91 Å². The Bertz CT molecular complexity index is 590. The van der Waals surface area contributed by atoms with Gasteiger partial charge >= 0.3 is 5.97 Å². The number of aromatic nitrogens is 1. The van der Waals surface area contributed by atoms with Crippen LogP contribution >= 0.6 is 23.1 Å². The number of nitrogens with one attached hydrogen (secondary N) is 1. The van der Waals surface area contributed by atoms with Crippen molar-refractivity contribution in [1.82, 2.24) is 4.98 Å². The highest BCUT2D eigenvalue weighted by molar-refractivity contribution is 8.01. The second kappa shape index (κ2) is 9.74. The van der Waals surface area contributed by atoms with E-state index in [0.29, 0.717) is 17.0 Å². The molecule has 1 amide bonds. The van der Waals surface area contributed by atoms with E-state index in [-0.39, 0.29) is 17.6 Å². The summed E-state index contributed by atoms with van der Waals surface area (Å²) in [5.74, 6) is 0.425. The topological polar surface area (TPSA) is 79.3 Å². The molecule has 1 aromatic heterocycles. The lowest BCUT2D eigenvalue weighted by Gasteiger charge is -2.36. The van der Waals surface area contributed by atoms with E-state index in [1.807, 2.05) is 0 Å². The van der Waals surface area contributed by atoms with E-state index in [9.17, 15) is 9.59 Å². The van der Waals surface area contributed by atoms with Crippen LogP contribution in [0.25, 0.3) is 0 Å².